The van der Waals surface area contributed by atoms with Crippen LogP contribution >= 0.6 is 0 Å². The van der Waals surface area contributed by atoms with Gasteiger partial charge < -0.3 is 12.4 Å². The van der Waals surface area contributed by atoms with Gasteiger partial charge in [0.05, 0.1) is 0 Å². The maximum absolute atomic E-state index is 2.25. The Labute approximate surface area is 62.2 Å². The summed E-state index contributed by atoms with van der Waals surface area (Å²) in [5.74, 6) is 0. The predicted molar refractivity (Wildman–Crippen MR) is 24.3 cm³/mol. The molecule has 0 rings (SSSR count). The van der Waals surface area contributed by atoms with Crippen molar-refractivity contribution in [2.24, 2.45) is 0 Å². The molecule has 0 aliphatic rings. The number of hydrogen-bond acceptors (Lipinski definition) is 0. The smallest absolute Gasteiger partial charge is 1.00 e. The molecule has 0 amide bonds. The molecule has 0 aliphatic carbocycles. The van der Waals surface area contributed by atoms with Crippen molar-refractivity contribution in [3.05, 3.63) is 0 Å². The van der Waals surface area contributed by atoms with Crippen LogP contribution in [0.25, 0.3) is 0 Å². The van der Waals surface area contributed by atoms with E-state index in [1.807, 2.05) is 0 Å². The van der Waals surface area contributed by atoms with Crippen LogP contribution in [-0.2, 0) is 18.3 Å². The average molecular weight is 172 g/mol. The number of halogens is 1. The second-order valence-corrected chi connectivity index (χ2v) is 3.04. The molecule has 0 unspecified atom stereocenters. The van der Waals surface area contributed by atoms with Crippen molar-refractivity contribution in [2.45, 2.75) is 31.2 Å². The summed E-state index contributed by atoms with van der Waals surface area (Å²) in [4.78, 5) is 0. The molecule has 0 N–H and O–H groups in total. The molecule has 0 atom stereocenters. The second-order valence-electron chi connectivity index (χ2n) is 1.56. The van der Waals surface area contributed by atoms with Crippen LogP contribution in [0, 0.1) is 0 Å². The minimum atomic E-state index is 0. The molecule has 0 radical (unpaired) electrons. The van der Waals surface area contributed by atoms with Crippen LogP contribution in [0.5, 0.6) is 0 Å². The number of rotatable bonds is 3. The Morgan fingerprint density at radius 1 is 1.29 bits per heavy atom. The molecule has 2 heteroatoms. The van der Waals surface area contributed by atoms with Crippen LogP contribution < -0.4 is 12.4 Å². The van der Waals surface area contributed by atoms with Gasteiger partial charge in [-0.1, -0.05) is 0 Å². The Hall–Kier alpha value is 0.913. The molecule has 0 aromatic rings. The van der Waals surface area contributed by atoms with Crippen LogP contribution in [0.4, 0.5) is 0 Å². The van der Waals surface area contributed by atoms with E-state index in [0.717, 1.165) is 0 Å². The Kier molecular flexibility index (Phi) is 15.5. The van der Waals surface area contributed by atoms with Crippen molar-refractivity contribution in [1.29, 1.82) is 0 Å². The van der Waals surface area contributed by atoms with Gasteiger partial charge >= 0.3 is 49.5 Å². The topological polar surface area (TPSA) is 0 Å². The summed E-state index contributed by atoms with van der Waals surface area (Å²) in [5.41, 5.74) is 0. The van der Waals surface area contributed by atoms with Crippen molar-refractivity contribution >= 4 is 0 Å². The molecule has 0 bridgehead atoms. The molecule has 0 saturated carbocycles. The van der Waals surface area contributed by atoms with E-state index in [2.05, 4.69) is 6.92 Å². The molecule has 0 aromatic carbocycles. The van der Waals surface area contributed by atoms with Crippen molar-refractivity contribution < 1.29 is 30.7 Å². The van der Waals surface area contributed by atoms with E-state index in [4.69, 9.17) is 0 Å². The molecule has 0 spiro atoms. The predicted octanol–water partition coefficient (Wildman–Crippen LogP) is -0.854. The van der Waals surface area contributed by atoms with Gasteiger partial charge in [0.1, 0.15) is 0 Å². The summed E-state index contributed by atoms with van der Waals surface area (Å²) in [7, 11) is 0. The Bertz CT molecular complexity index is 20.0. The van der Waals surface area contributed by atoms with E-state index in [9.17, 15) is 0 Å². The number of hydrogen-bond donors (Lipinski definition) is 0. The molecule has 0 fully saturated rings. The van der Waals surface area contributed by atoms with Crippen LogP contribution in [0.2, 0.25) is 5.02 Å². The van der Waals surface area contributed by atoms with Crippen molar-refractivity contribution in [1.82, 2.24) is 0 Å². The summed E-state index contributed by atoms with van der Waals surface area (Å²) in [5, 5.41) is 1.48. The third-order valence-corrected chi connectivity index (χ3v) is 1.90. The quantitative estimate of drug-likeness (QED) is 0.384. The van der Waals surface area contributed by atoms with Crippen LogP contribution in [0.3, 0.4) is 0 Å². The Morgan fingerprint density at radius 3 is 2.00 bits per heavy atom. The Balaban J connectivity index is 0. The van der Waals surface area contributed by atoms with E-state index in [1.54, 1.807) is 0 Å². The first-order valence-corrected chi connectivity index (χ1v) is 4.81. The fraction of sp³-hybridized carbons (Fsp3) is 1.00. The monoisotopic (exact) mass is 170 g/mol. The van der Waals surface area contributed by atoms with Gasteiger partial charge in [-0.25, -0.2) is 0 Å². The first-order valence-electron chi connectivity index (χ1n) is 2.71. The largest absolute Gasteiger partial charge is 1.00 e. The van der Waals surface area contributed by atoms with E-state index in [1.165, 1.54) is 42.6 Å². The van der Waals surface area contributed by atoms with E-state index < -0.39 is 0 Å². The van der Waals surface area contributed by atoms with Crippen LogP contribution in [-0.4, -0.2) is 0 Å². The minimum Gasteiger partial charge on any atom is -1.00 e. The fourth-order valence-electron chi connectivity index (χ4n) is 0.427. The minimum absolute atomic E-state index is 0. The third kappa shape index (κ3) is 10.9. The van der Waals surface area contributed by atoms with Crippen molar-refractivity contribution in [3.63, 3.8) is 0 Å². The SMILES string of the molecule is CCCC[CH2][Zn+].[Cl-]. The zero-order valence-electron chi connectivity index (χ0n) is 4.91. The summed E-state index contributed by atoms with van der Waals surface area (Å²) in [6.07, 6.45) is 4.29. The van der Waals surface area contributed by atoms with Crippen molar-refractivity contribution in [2.75, 3.05) is 0 Å². The Morgan fingerprint density at radius 2 is 1.86 bits per heavy atom. The molecule has 0 saturated heterocycles. The van der Waals surface area contributed by atoms with Gasteiger partial charge in [0.25, 0.3) is 0 Å². The van der Waals surface area contributed by atoms with E-state index in [-0.39, 0.29) is 12.4 Å². The maximum atomic E-state index is 2.25. The second kappa shape index (κ2) is 10.0. The maximum Gasteiger partial charge on any atom is -1.00 e. The van der Waals surface area contributed by atoms with Gasteiger partial charge in [-0.2, -0.15) is 0 Å². The molecular weight excluding hydrogens is 161 g/mol. The molecule has 7 heavy (non-hydrogen) atoms. The summed E-state index contributed by atoms with van der Waals surface area (Å²) in [6.45, 7) is 2.25. The first kappa shape index (κ1) is 10.8. The molecule has 0 nitrogen and oxygen atoms in total. The van der Waals surface area contributed by atoms with Gasteiger partial charge in [-0.15, -0.1) is 0 Å². The molecule has 0 heterocycles. The normalized spacial score (nSPS) is 7.86. The summed E-state index contributed by atoms with van der Waals surface area (Å²) >= 11 is 1.49. The van der Waals surface area contributed by atoms with Crippen molar-refractivity contribution in [3.8, 4) is 0 Å². The van der Waals surface area contributed by atoms with Gasteiger partial charge in [0.15, 0.2) is 0 Å². The summed E-state index contributed by atoms with van der Waals surface area (Å²) < 4.78 is 0. The molecule has 0 aliphatic heterocycles. The van der Waals surface area contributed by atoms with E-state index >= 15 is 0 Å². The zero-order chi connectivity index (χ0) is 4.83. The average Bonchev–Trinajstić information content (AvgIpc) is 1.61. The standard InChI is InChI=1S/C5H11.ClH.Zn/c1-3-5-4-2;;/h1,3-5H2,2H3;1H;/q;;+1/p-1. The molecule has 0 aromatic heterocycles. The van der Waals surface area contributed by atoms with E-state index in [0.29, 0.717) is 0 Å². The first-order chi connectivity index (χ1) is 2.91. The zero-order valence-corrected chi connectivity index (χ0v) is 8.64. The van der Waals surface area contributed by atoms with Gasteiger partial charge in [0, 0.05) is 0 Å². The van der Waals surface area contributed by atoms with Crippen LogP contribution in [0.15, 0.2) is 0 Å². The van der Waals surface area contributed by atoms with Gasteiger partial charge in [-0.3, -0.25) is 0 Å². The number of unbranched alkanes of at least 4 members (excludes halogenated alkanes) is 2. The van der Waals surface area contributed by atoms with Gasteiger partial charge in [-0.05, 0) is 0 Å². The molecule has 40 valence electrons. The van der Waals surface area contributed by atoms with Gasteiger partial charge in [0.2, 0.25) is 0 Å². The summed E-state index contributed by atoms with van der Waals surface area (Å²) in [6, 6.07) is 0. The van der Waals surface area contributed by atoms with Crippen LogP contribution in [0.1, 0.15) is 26.2 Å². The fourth-order valence-corrected chi connectivity index (χ4v) is 1.17. The molecular formula is C5H11ClZn. The third-order valence-electron chi connectivity index (χ3n) is 0.854.